The number of carbonyl (C=O) groups is 2. The summed E-state index contributed by atoms with van der Waals surface area (Å²) in [6, 6.07) is 9.22. The van der Waals surface area contributed by atoms with Gasteiger partial charge in [0.05, 0.1) is 0 Å². The highest BCUT2D eigenvalue weighted by Gasteiger charge is 2.27. The zero-order valence-corrected chi connectivity index (χ0v) is 15.6. The van der Waals surface area contributed by atoms with Gasteiger partial charge in [-0.25, -0.2) is 0 Å². The van der Waals surface area contributed by atoms with Crippen LogP contribution in [0.3, 0.4) is 0 Å². The van der Waals surface area contributed by atoms with Crippen LogP contribution in [0.2, 0.25) is 0 Å². The first-order valence-electron chi connectivity index (χ1n) is 8.31. The van der Waals surface area contributed by atoms with Crippen molar-refractivity contribution in [3.8, 4) is 0 Å². The average molecular weight is 402 g/mol. The van der Waals surface area contributed by atoms with Crippen molar-refractivity contribution in [2.45, 2.75) is 19.8 Å². The van der Waals surface area contributed by atoms with Gasteiger partial charge < -0.3 is 10.2 Å². The summed E-state index contributed by atoms with van der Waals surface area (Å²) in [5.41, 5.74) is 2.56. The lowest BCUT2D eigenvalue weighted by molar-refractivity contribution is -0.121. The monoisotopic (exact) mass is 401 g/mol. The Morgan fingerprint density at radius 2 is 1.84 bits per heavy atom. The molecular weight excluding hydrogens is 382 g/mol. The first-order valence-corrected chi connectivity index (χ1v) is 9.10. The van der Waals surface area contributed by atoms with Crippen molar-refractivity contribution in [1.29, 1.82) is 0 Å². The fourth-order valence-corrected chi connectivity index (χ4v) is 3.32. The molecule has 2 amide bonds. The molecule has 5 nitrogen and oxygen atoms in total. The maximum atomic E-state index is 12.5. The molecule has 130 valence electrons. The van der Waals surface area contributed by atoms with Crippen LogP contribution >= 0.6 is 15.9 Å². The molecular formula is C19H20BrN3O2. The maximum Gasteiger partial charge on any atom is 0.253 e. The van der Waals surface area contributed by atoms with E-state index in [1.54, 1.807) is 24.5 Å². The van der Waals surface area contributed by atoms with Gasteiger partial charge in [-0.3, -0.25) is 14.6 Å². The van der Waals surface area contributed by atoms with E-state index in [9.17, 15) is 9.59 Å². The van der Waals surface area contributed by atoms with E-state index < -0.39 is 0 Å². The fourth-order valence-electron chi connectivity index (χ4n) is 2.94. The van der Waals surface area contributed by atoms with E-state index in [-0.39, 0.29) is 17.7 Å². The zero-order chi connectivity index (χ0) is 17.8. The van der Waals surface area contributed by atoms with E-state index >= 15 is 0 Å². The van der Waals surface area contributed by atoms with Crippen LogP contribution in [-0.2, 0) is 4.79 Å². The molecule has 0 bridgehead atoms. The van der Waals surface area contributed by atoms with Crippen molar-refractivity contribution in [2.75, 3.05) is 18.4 Å². The average Bonchev–Trinajstić information content (AvgIpc) is 2.65. The van der Waals surface area contributed by atoms with Crippen LogP contribution in [0.4, 0.5) is 5.69 Å². The number of nitrogens with zero attached hydrogens (tertiary/aromatic N) is 2. The summed E-state index contributed by atoms with van der Waals surface area (Å²) >= 11 is 3.48. The normalized spacial score (nSPS) is 15.0. The van der Waals surface area contributed by atoms with Crippen molar-refractivity contribution < 1.29 is 9.59 Å². The lowest BCUT2D eigenvalue weighted by atomic mass is 9.95. The molecule has 25 heavy (non-hydrogen) atoms. The van der Waals surface area contributed by atoms with E-state index in [0.29, 0.717) is 31.5 Å². The standard InChI is InChI=1S/C19H20BrN3O2/c1-13-2-3-16(12-17(13)20)22-18(24)14-6-10-23(11-7-14)19(25)15-4-8-21-9-5-15/h2-5,8-9,12,14H,6-7,10-11H2,1H3,(H,22,24). The zero-order valence-electron chi connectivity index (χ0n) is 14.0. The van der Waals surface area contributed by atoms with E-state index in [1.165, 1.54) is 0 Å². The van der Waals surface area contributed by atoms with Gasteiger partial charge in [0.1, 0.15) is 0 Å². The number of rotatable bonds is 3. The van der Waals surface area contributed by atoms with E-state index in [0.717, 1.165) is 15.7 Å². The van der Waals surface area contributed by atoms with Crippen molar-refractivity contribution >= 4 is 33.4 Å². The molecule has 1 saturated heterocycles. The molecule has 6 heteroatoms. The predicted molar refractivity (Wildman–Crippen MR) is 100 cm³/mol. The summed E-state index contributed by atoms with van der Waals surface area (Å²) in [5, 5.41) is 2.97. The number of carbonyl (C=O) groups excluding carboxylic acids is 2. The molecule has 1 N–H and O–H groups in total. The largest absolute Gasteiger partial charge is 0.339 e. The molecule has 0 aliphatic carbocycles. The number of likely N-dealkylation sites (tertiary alicyclic amines) is 1. The fraction of sp³-hybridized carbons (Fsp3) is 0.316. The maximum absolute atomic E-state index is 12.5. The summed E-state index contributed by atoms with van der Waals surface area (Å²) in [6.07, 6.45) is 4.59. The highest BCUT2D eigenvalue weighted by molar-refractivity contribution is 9.10. The highest BCUT2D eigenvalue weighted by atomic mass is 79.9. The summed E-state index contributed by atoms with van der Waals surface area (Å²) in [6.45, 7) is 3.19. The Labute approximate surface area is 155 Å². The molecule has 3 rings (SSSR count). The molecule has 1 aromatic heterocycles. The van der Waals surface area contributed by atoms with Crippen molar-refractivity contribution in [3.63, 3.8) is 0 Å². The van der Waals surface area contributed by atoms with Crippen molar-refractivity contribution in [3.05, 3.63) is 58.3 Å². The van der Waals surface area contributed by atoms with Gasteiger partial charge in [-0.15, -0.1) is 0 Å². The van der Waals surface area contributed by atoms with Crippen molar-refractivity contribution in [2.24, 2.45) is 5.92 Å². The van der Waals surface area contributed by atoms with Crippen LogP contribution in [0.1, 0.15) is 28.8 Å². The Hall–Kier alpha value is -2.21. The topological polar surface area (TPSA) is 62.3 Å². The molecule has 0 unspecified atom stereocenters. The Morgan fingerprint density at radius 1 is 1.16 bits per heavy atom. The van der Waals surface area contributed by atoms with Crippen LogP contribution in [0.5, 0.6) is 0 Å². The number of pyridine rings is 1. The van der Waals surface area contributed by atoms with Crippen LogP contribution in [0.25, 0.3) is 0 Å². The van der Waals surface area contributed by atoms with Crippen LogP contribution in [-0.4, -0.2) is 34.8 Å². The quantitative estimate of drug-likeness (QED) is 0.853. The minimum atomic E-state index is -0.0680. The second-order valence-electron chi connectivity index (χ2n) is 6.26. The smallest absolute Gasteiger partial charge is 0.253 e. The number of amides is 2. The Balaban J connectivity index is 1.55. The SMILES string of the molecule is Cc1ccc(NC(=O)C2CCN(C(=O)c3ccncc3)CC2)cc1Br. The molecule has 0 radical (unpaired) electrons. The number of benzene rings is 1. The molecule has 0 saturated carbocycles. The van der Waals surface area contributed by atoms with Gasteiger partial charge in [-0.1, -0.05) is 22.0 Å². The van der Waals surface area contributed by atoms with Gasteiger partial charge in [0, 0.05) is 47.1 Å². The van der Waals surface area contributed by atoms with Gasteiger partial charge in [0.15, 0.2) is 0 Å². The van der Waals surface area contributed by atoms with E-state index in [1.807, 2.05) is 30.0 Å². The van der Waals surface area contributed by atoms with Gasteiger partial charge >= 0.3 is 0 Å². The molecule has 0 spiro atoms. The molecule has 1 fully saturated rings. The number of aryl methyl sites for hydroxylation is 1. The highest BCUT2D eigenvalue weighted by Crippen LogP contribution is 2.24. The number of aromatic nitrogens is 1. The Morgan fingerprint density at radius 3 is 2.48 bits per heavy atom. The second-order valence-corrected chi connectivity index (χ2v) is 7.11. The lowest BCUT2D eigenvalue weighted by Gasteiger charge is -2.31. The molecule has 1 aliphatic heterocycles. The third kappa shape index (κ3) is 4.25. The molecule has 0 atom stereocenters. The van der Waals surface area contributed by atoms with Crippen LogP contribution in [0, 0.1) is 12.8 Å². The lowest BCUT2D eigenvalue weighted by Crippen LogP contribution is -2.41. The second kappa shape index (κ2) is 7.78. The summed E-state index contributed by atoms with van der Waals surface area (Å²) in [4.78, 5) is 30.6. The number of piperidine rings is 1. The van der Waals surface area contributed by atoms with E-state index in [2.05, 4.69) is 26.2 Å². The minimum absolute atomic E-state index is 0.00345. The first kappa shape index (κ1) is 17.6. The molecule has 1 aromatic carbocycles. The Kier molecular flexibility index (Phi) is 5.48. The van der Waals surface area contributed by atoms with E-state index in [4.69, 9.17) is 0 Å². The molecule has 1 aliphatic rings. The van der Waals surface area contributed by atoms with Gasteiger partial charge in [-0.05, 0) is 49.6 Å². The predicted octanol–water partition coefficient (Wildman–Crippen LogP) is 3.64. The van der Waals surface area contributed by atoms with Crippen LogP contribution in [0.15, 0.2) is 47.2 Å². The van der Waals surface area contributed by atoms with Gasteiger partial charge in [-0.2, -0.15) is 0 Å². The summed E-state index contributed by atoms with van der Waals surface area (Å²) < 4.78 is 0.975. The molecule has 2 aromatic rings. The number of anilines is 1. The van der Waals surface area contributed by atoms with Gasteiger partial charge in [0.25, 0.3) is 5.91 Å². The third-order valence-corrected chi connectivity index (χ3v) is 5.37. The summed E-state index contributed by atoms with van der Waals surface area (Å²) in [5.74, 6) is -0.0444. The number of halogens is 1. The number of hydrogen-bond donors (Lipinski definition) is 1. The van der Waals surface area contributed by atoms with Crippen LogP contribution < -0.4 is 5.32 Å². The molecule has 2 heterocycles. The van der Waals surface area contributed by atoms with Gasteiger partial charge in [0.2, 0.25) is 5.91 Å². The third-order valence-electron chi connectivity index (χ3n) is 4.52. The Bertz CT molecular complexity index is 771. The summed E-state index contributed by atoms with van der Waals surface area (Å²) in [7, 11) is 0. The number of hydrogen-bond acceptors (Lipinski definition) is 3. The van der Waals surface area contributed by atoms with Crippen molar-refractivity contribution in [1.82, 2.24) is 9.88 Å². The minimum Gasteiger partial charge on any atom is -0.339 e. The first-order chi connectivity index (χ1) is 12.0. The number of nitrogens with one attached hydrogen (secondary N) is 1.